The molecule has 1 aliphatic heterocycles. The van der Waals surface area contributed by atoms with E-state index in [0.717, 1.165) is 11.1 Å². The van der Waals surface area contributed by atoms with Crippen LogP contribution in [-0.4, -0.2) is 24.4 Å². The average Bonchev–Trinajstić information content (AvgIpc) is 2.80. The molecule has 4 N–H and O–H groups in total. The number of rotatable bonds is 2. The molecule has 0 saturated carbocycles. The summed E-state index contributed by atoms with van der Waals surface area (Å²) in [4.78, 5) is 24.5. The van der Waals surface area contributed by atoms with Crippen molar-refractivity contribution in [3.8, 4) is 0 Å². The molecule has 21 heavy (non-hydrogen) atoms. The lowest BCUT2D eigenvalue weighted by atomic mass is 10.1. The molecule has 1 aliphatic rings. The Labute approximate surface area is 130 Å². The molecular formula is C14H14ClN3O2S. The second kappa shape index (κ2) is 5.54. The predicted octanol–water partition coefficient (Wildman–Crippen LogP) is 2.15. The molecule has 110 valence electrons. The minimum Gasteiger partial charge on any atom is -0.397 e. The fraction of sp³-hybridized carbons (Fsp3) is 0.286. The molecule has 2 amide bonds. The van der Waals surface area contributed by atoms with E-state index in [1.54, 1.807) is 6.07 Å². The summed E-state index contributed by atoms with van der Waals surface area (Å²) >= 11 is 7.41. The Kier molecular flexibility index (Phi) is 3.73. The smallest absolute Gasteiger partial charge is 0.264 e. The first-order chi connectivity index (χ1) is 10.1. The van der Waals surface area contributed by atoms with Gasteiger partial charge in [0.15, 0.2) is 0 Å². The number of amides is 2. The maximum Gasteiger partial charge on any atom is 0.264 e. The zero-order chi connectivity index (χ0) is 15.0. The second-order valence-electron chi connectivity index (χ2n) is 4.92. The Morgan fingerprint density at radius 1 is 1.48 bits per heavy atom. The first-order valence-corrected chi connectivity index (χ1v) is 7.82. The van der Waals surface area contributed by atoms with Crippen LogP contribution in [-0.2, 0) is 4.79 Å². The summed E-state index contributed by atoms with van der Waals surface area (Å²) in [5.74, 6) is -0.473. The molecule has 3 rings (SSSR count). The summed E-state index contributed by atoms with van der Waals surface area (Å²) < 4.78 is 0.859. The van der Waals surface area contributed by atoms with Crippen LogP contribution in [0.3, 0.4) is 0 Å². The molecule has 5 nitrogen and oxygen atoms in total. The maximum absolute atomic E-state index is 12.4. The molecule has 1 unspecified atom stereocenters. The number of hydrogen-bond acceptors (Lipinski definition) is 4. The van der Waals surface area contributed by atoms with Crippen LogP contribution in [0.1, 0.15) is 22.5 Å². The van der Waals surface area contributed by atoms with E-state index in [-0.39, 0.29) is 11.8 Å². The minimum atomic E-state index is -0.494. The first-order valence-electron chi connectivity index (χ1n) is 6.63. The summed E-state index contributed by atoms with van der Waals surface area (Å²) in [6.45, 7) is 0.659. The van der Waals surface area contributed by atoms with Gasteiger partial charge in [0.1, 0.15) is 10.9 Å². The van der Waals surface area contributed by atoms with E-state index in [2.05, 4.69) is 10.6 Å². The zero-order valence-corrected chi connectivity index (χ0v) is 12.7. The summed E-state index contributed by atoms with van der Waals surface area (Å²) in [7, 11) is 0. The van der Waals surface area contributed by atoms with Crippen LogP contribution in [0.5, 0.6) is 0 Å². The van der Waals surface area contributed by atoms with Crippen molar-refractivity contribution in [3.05, 3.63) is 28.1 Å². The highest BCUT2D eigenvalue weighted by molar-refractivity contribution is 7.21. The molecule has 1 aromatic heterocycles. The van der Waals surface area contributed by atoms with E-state index in [1.165, 1.54) is 11.3 Å². The number of piperidine rings is 1. The van der Waals surface area contributed by atoms with Gasteiger partial charge >= 0.3 is 0 Å². The monoisotopic (exact) mass is 323 g/mol. The molecule has 0 aliphatic carbocycles. The number of hydrogen-bond donors (Lipinski definition) is 3. The third-order valence-corrected chi connectivity index (χ3v) is 4.98. The molecule has 7 heteroatoms. The van der Waals surface area contributed by atoms with Crippen molar-refractivity contribution in [2.75, 3.05) is 12.3 Å². The van der Waals surface area contributed by atoms with Crippen LogP contribution in [0.25, 0.3) is 10.1 Å². The van der Waals surface area contributed by atoms with E-state index in [4.69, 9.17) is 17.3 Å². The number of thiophene rings is 1. The Hall–Kier alpha value is -1.79. The van der Waals surface area contributed by atoms with Crippen LogP contribution in [0.15, 0.2) is 18.2 Å². The molecule has 1 saturated heterocycles. The molecular weight excluding hydrogens is 310 g/mol. The van der Waals surface area contributed by atoms with Crippen LogP contribution < -0.4 is 16.4 Å². The lowest BCUT2D eigenvalue weighted by Crippen LogP contribution is -2.50. The van der Waals surface area contributed by atoms with Gasteiger partial charge in [-0.05, 0) is 25.0 Å². The fourth-order valence-electron chi connectivity index (χ4n) is 2.43. The lowest BCUT2D eigenvalue weighted by Gasteiger charge is -2.22. The number of nitrogens with two attached hydrogens (primary N) is 1. The van der Waals surface area contributed by atoms with Crippen molar-refractivity contribution in [1.82, 2.24) is 10.6 Å². The van der Waals surface area contributed by atoms with Gasteiger partial charge in [-0.3, -0.25) is 9.59 Å². The van der Waals surface area contributed by atoms with E-state index < -0.39 is 6.04 Å². The van der Waals surface area contributed by atoms with E-state index in [1.807, 2.05) is 12.1 Å². The van der Waals surface area contributed by atoms with Crippen molar-refractivity contribution >= 4 is 50.5 Å². The highest BCUT2D eigenvalue weighted by Crippen LogP contribution is 2.37. The molecule has 0 spiro atoms. The SMILES string of the molecule is Nc1c(C(=O)NC2CCCNC2=O)sc2cccc(Cl)c12. The molecule has 2 aromatic rings. The number of anilines is 1. The van der Waals surface area contributed by atoms with Gasteiger partial charge in [0.05, 0.1) is 10.7 Å². The van der Waals surface area contributed by atoms with E-state index in [9.17, 15) is 9.59 Å². The molecule has 0 radical (unpaired) electrons. The van der Waals surface area contributed by atoms with Crippen LogP contribution in [0, 0.1) is 0 Å². The van der Waals surface area contributed by atoms with E-state index in [0.29, 0.717) is 33.9 Å². The summed E-state index contributed by atoms with van der Waals surface area (Å²) in [6.07, 6.45) is 1.49. The van der Waals surface area contributed by atoms with Gasteiger partial charge in [0.2, 0.25) is 5.91 Å². The largest absolute Gasteiger partial charge is 0.397 e. The lowest BCUT2D eigenvalue weighted by molar-refractivity contribution is -0.124. The van der Waals surface area contributed by atoms with Gasteiger partial charge in [-0.25, -0.2) is 0 Å². The standard InChI is InChI=1S/C14H14ClN3O2S/c15-7-3-1-5-9-10(7)11(16)12(21-9)14(20)18-8-4-2-6-17-13(8)19/h1,3,5,8H,2,4,6,16H2,(H,17,19)(H,18,20). The number of nitrogen functional groups attached to an aromatic ring is 1. The van der Waals surface area contributed by atoms with Gasteiger partial charge in [0.25, 0.3) is 5.91 Å². The molecule has 0 bridgehead atoms. The van der Waals surface area contributed by atoms with Crippen LogP contribution in [0.4, 0.5) is 5.69 Å². The minimum absolute atomic E-state index is 0.146. The van der Waals surface area contributed by atoms with Crippen molar-refractivity contribution < 1.29 is 9.59 Å². The topological polar surface area (TPSA) is 84.2 Å². The Balaban J connectivity index is 1.89. The number of carbonyl (C=O) groups is 2. The summed E-state index contributed by atoms with van der Waals surface area (Å²) in [5.41, 5.74) is 6.41. The molecule has 1 atom stereocenters. The van der Waals surface area contributed by atoms with Crippen molar-refractivity contribution in [2.24, 2.45) is 0 Å². The Morgan fingerprint density at radius 2 is 2.29 bits per heavy atom. The highest BCUT2D eigenvalue weighted by Gasteiger charge is 2.26. The predicted molar refractivity (Wildman–Crippen MR) is 84.7 cm³/mol. The van der Waals surface area contributed by atoms with Gasteiger partial charge in [0, 0.05) is 16.6 Å². The number of halogens is 1. The third-order valence-electron chi connectivity index (χ3n) is 3.50. The number of nitrogens with one attached hydrogen (secondary N) is 2. The Morgan fingerprint density at radius 3 is 3.00 bits per heavy atom. The summed E-state index contributed by atoms with van der Waals surface area (Å²) in [5, 5.41) is 6.70. The van der Waals surface area contributed by atoms with Crippen molar-refractivity contribution in [1.29, 1.82) is 0 Å². The van der Waals surface area contributed by atoms with Crippen molar-refractivity contribution in [2.45, 2.75) is 18.9 Å². The van der Waals surface area contributed by atoms with Gasteiger partial charge < -0.3 is 16.4 Å². The quantitative estimate of drug-likeness (QED) is 0.791. The van der Waals surface area contributed by atoms with Gasteiger partial charge in [-0.15, -0.1) is 11.3 Å². The highest BCUT2D eigenvalue weighted by atomic mass is 35.5. The van der Waals surface area contributed by atoms with Crippen molar-refractivity contribution in [3.63, 3.8) is 0 Å². The fourth-order valence-corrected chi connectivity index (χ4v) is 3.82. The third kappa shape index (κ3) is 2.56. The zero-order valence-electron chi connectivity index (χ0n) is 11.1. The first kappa shape index (κ1) is 14.2. The molecule has 1 fully saturated rings. The van der Waals surface area contributed by atoms with Gasteiger partial charge in [-0.1, -0.05) is 17.7 Å². The number of carbonyl (C=O) groups excluding carboxylic acids is 2. The maximum atomic E-state index is 12.4. The molecule has 1 aromatic carbocycles. The van der Waals surface area contributed by atoms with E-state index >= 15 is 0 Å². The summed E-state index contributed by atoms with van der Waals surface area (Å²) in [6, 6.07) is 4.93. The average molecular weight is 324 g/mol. The number of fused-ring (bicyclic) bond motifs is 1. The second-order valence-corrected chi connectivity index (χ2v) is 6.38. The van der Waals surface area contributed by atoms with Gasteiger partial charge in [-0.2, -0.15) is 0 Å². The van der Waals surface area contributed by atoms with Crippen LogP contribution in [0.2, 0.25) is 5.02 Å². The normalized spacial score (nSPS) is 18.5. The number of benzene rings is 1. The molecule has 2 heterocycles. The van der Waals surface area contributed by atoms with Crippen LogP contribution >= 0.6 is 22.9 Å². The Bertz CT molecular complexity index is 728.